The summed E-state index contributed by atoms with van der Waals surface area (Å²) in [5.74, 6) is 0.693. The van der Waals surface area contributed by atoms with Crippen molar-refractivity contribution in [2.24, 2.45) is 0 Å². The number of para-hydroxylation sites is 1. The van der Waals surface area contributed by atoms with Gasteiger partial charge < -0.3 is 4.74 Å². The van der Waals surface area contributed by atoms with Crippen LogP contribution in [0.25, 0.3) is 0 Å². The first-order valence-electron chi connectivity index (χ1n) is 6.15. The highest BCUT2D eigenvalue weighted by molar-refractivity contribution is 7.89. The number of sulfonamides is 1. The van der Waals surface area contributed by atoms with Gasteiger partial charge in [-0.3, -0.25) is 4.84 Å². The Labute approximate surface area is 128 Å². The lowest BCUT2D eigenvalue weighted by Gasteiger charge is -2.08. The molecule has 0 radical (unpaired) electrons. The first-order valence-corrected chi connectivity index (χ1v) is 8.01. The summed E-state index contributed by atoms with van der Waals surface area (Å²) in [6, 6.07) is 15.1. The van der Waals surface area contributed by atoms with Crippen molar-refractivity contribution in [3.05, 3.63) is 59.6 Å². The Morgan fingerprint density at radius 2 is 1.76 bits per heavy atom. The second kappa shape index (κ2) is 7.42. The quantitative estimate of drug-likeness (QED) is 0.627. The van der Waals surface area contributed by atoms with E-state index < -0.39 is 10.0 Å². The Morgan fingerprint density at radius 3 is 2.48 bits per heavy atom. The van der Waals surface area contributed by atoms with E-state index in [1.807, 2.05) is 23.1 Å². The van der Waals surface area contributed by atoms with Crippen molar-refractivity contribution in [3.63, 3.8) is 0 Å². The molecule has 7 heteroatoms. The predicted octanol–water partition coefficient (Wildman–Crippen LogP) is 2.63. The molecule has 0 aliphatic rings. The molecule has 0 saturated heterocycles. The molecule has 2 aromatic carbocycles. The van der Waals surface area contributed by atoms with Gasteiger partial charge in [-0.1, -0.05) is 40.8 Å². The van der Waals surface area contributed by atoms with Crippen molar-refractivity contribution in [2.45, 2.75) is 4.90 Å². The zero-order valence-electron chi connectivity index (χ0n) is 11.0. The van der Waals surface area contributed by atoms with Gasteiger partial charge in [0.2, 0.25) is 0 Å². The molecule has 0 unspecified atom stereocenters. The summed E-state index contributed by atoms with van der Waals surface area (Å²) in [7, 11) is -3.74. The summed E-state index contributed by atoms with van der Waals surface area (Å²) in [5.41, 5.74) is 0. The van der Waals surface area contributed by atoms with Crippen LogP contribution in [0.5, 0.6) is 5.75 Å². The molecular formula is C14H14ClNO4S. The lowest BCUT2D eigenvalue weighted by molar-refractivity contribution is 0.0665. The Kier molecular flexibility index (Phi) is 5.58. The van der Waals surface area contributed by atoms with Crippen LogP contribution in [0.2, 0.25) is 5.02 Å². The van der Waals surface area contributed by atoms with Gasteiger partial charge in [0.15, 0.2) is 0 Å². The normalized spacial score (nSPS) is 11.3. The van der Waals surface area contributed by atoms with E-state index in [-0.39, 0.29) is 18.1 Å². The maximum atomic E-state index is 11.9. The second-order valence-electron chi connectivity index (χ2n) is 4.05. The lowest BCUT2D eigenvalue weighted by atomic mass is 10.3. The van der Waals surface area contributed by atoms with Gasteiger partial charge in [0.25, 0.3) is 10.0 Å². The molecular weight excluding hydrogens is 314 g/mol. The van der Waals surface area contributed by atoms with E-state index in [0.29, 0.717) is 10.8 Å². The van der Waals surface area contributed by atoms with Crippen molar-refractivity contribution in [3.8, 4) is 5.75 Å². The van der Waals surface area contributed by atoms with E-state index in [0.717, 1.165) is 0 Å². The number of halogens is 1. The number of hydrogen-bond acceptors (Lipinski definition) is 4. The number of nitrogens with one attached hydrogen (secondary N) is 1. The summed E-state index contributed by atoms with van der Waals surface area (Å²) < 4.78 is 29.1. The summed E-state index contributed by atoms with van der Waals surface area (Å²) in [6.07, 6.45) is 0. The van der Waals surface area contributed by atoms with E-state index in [1.54, 1.807) is 24.3 Å². The molecule has 0 fully saturated rings. The SMILES string of the molecule is O=S(=O)(NOCCOc1ccccc1)c1cccc(Cl)c1. The third kappa shape index (κ3) is 5.02. The van der Waals surface area contributed by atoms with Gasteiger partial charge in [-0.15, -0.1) is 0 Å². The Hall–Kier alpha value is -1.60. The summed E-state index contributed by atoms with van der Waals surface area (Å²) >= 11 is 5.75. The summed E-state index contributed by atoms with van der Waals surface area (Å²) in [4.78, 5) is 6.97. The first-order chi connectivity index (χ1) is 10.1. The summed E-state index contributed by atoms with van der Waals surface area (Å²) in [5, 5.41) is 0.338. The van der Waals surface area contributed by atoms with Gasteiger partial charge >= 0.3 is 0 Å². The van der Waals surface area contributed by atoms with Gasteiger partial charge in [0.05, 0.1) is 4.90 Å². The van der Waals surface area contributed by atoms with Gasteiger partial charge in [-0.25, -0.2) is 8.42 Å². The van der Waals surface area contributed by atoms with Crippen molar-refractivity contribution in [1.29, 1.82) is 0 Å². The number of ether oxygens (including phenoxy) is 1. The molecule has 0 saturated carbocycles. The number of rotatable bonds is 7. The zero-order valence-corrected chi connectivity index (χ0v) is 12.6. The molecule has 2 aromatic rings. The number of hydrogen-bond donors (Lipinski definition) is 1. The predicted molar refractivity (Wildman–Crippen MR) is 79.7 cm³/mol. The van der Waals surface area contributed by atoms with E-state index in [4.69, 9.17) is 21.2 Å². The van der Waals surface area contributed by atoms with E-state index in [1.165, 1.54) is 12.1 Å². The third-order valence-electron chi connectivity index (χ3n) is 2.47. The highest BCUT2D eigenvalue weighted by Crippen LogP contribution is 2.15. The molecule has 112 valence electrons. The Balaban J connectivity index is 1.78. The molecule has 2 rings (SSSR count). The van der Waals surface area contributed by atoms with Crippen LogP contribution in [0.3, 0.4) is 0 Å². The van der Waals surface area contributed by atoms with Crippen LogP contribution in [0, 0.1) is 0 Å². The Bertz CT molecular complexity index is 676. The van der Waals surface area contributed by atoms with E-state index in [2.05, 4.69) is 0 Å². The molecule has 21 heavy (non-hydrogen) atoms. The van der Waals surface area contributed by atoms with Gasteiger partial charge in [0, 0.05) is 5.02 Å². The first kappa shape index (κ1) is 15.8. The van der Waals surface area contributed by atoms with Gasteiger partial charge in [-0.05, 0) is 30.3 Å². The fraction of sp³-hybridized carbons (Fsp3) is 0.143. The van der Waals surface area contributed by atoms with Crippen LogP contribution < -0.4 is 9.62 Å². The topological polar surface area (TPSA) is 64.6 Å². The van der Waals surface area contributed by atoms with Gasteiger partial charge in [0.1, 0.15) is 19.0 Å². The molecule has 0 atom stereocenters. The fourth-order valence-electron chi connectivity index (χ4n) is 1.52. The minimum Gasteiger partial charge on any atom is -0.491 e. The molecule has 0 bridgehead atoms. The maximum Gasteiger partial charge on any atom is 0.262 e. The molecule has 1 N–H and O–H groups in total. The highest BCUT2D eigenvalue weighted by atomic mass is 35.5. The number of benzene rings is 2. The van der Waals surface area contributed by atoms with Crippen LogP contribution in [-0.4, -0.2) is 21.6 Å². The minimum absolute atomic E-state index is 0.0407. The summed E-state index contributed by atoms with van der Waals surface area (Å²) in [6.45, 7) is 0.302. The smallest absolute Gasteiger partial charge is 0.262 e. The lowest BCUT2D eigenvalue weighted by Crippen LogP contribution is -2.26. The van der Waals surface area contributed by atoms with E-state index in [9.17, 15) is 8.42 Å². The Morgan fingerprint density at radius 1 is 1.00 bits per heavy atom. The monoisotopic (exact) mass is 327 g/mol. The molecule has 0 spiro atoms. The molecule has 0 aliphatic heterocycles. The van der Waals surface area contributed by atoms with E-state index >= 15 is 0 Å². The molecule has 0 amide bonds. The van der Waals surface area contributed by atoms with Crippen LogP contribution in [0.1, 0.15) is 0 Å². The average molecular weight is 328 g/mol. The van der Waals surface area contributed by atoms with Crippen molar-refractivity contribution in [2.75, 3.05) is 13.2 Å². The minimum atomic E-state index is -3.74. The van der Waals surface area contributed by atoms with Crippen molar-refractivity contribution >= 4 is 21.6 Å². The molecule has 0 aliphatic carbocycles. The highest BCUT2D eigenvalue weighted by Gasteiger charge is 2.14. The molecule has 0 heterocycles. The van der Waals surface area contributed by atoms with Gasteiger partial charge in [-0.2, -0.15) is 0 Å². The van der Waals surface area contributed by atoms with Crippen LogP contribution >= 0.6 is 11.6 Å². The standard InChI is InChI=1S/C14H14ClNO4S/c15-12-5-4-8-14(11-12)21(17,18)16-20-10-9-19-13-6-2-1-3-7-13/h1-8,11,16H,9-10H2. The third-order valence-corrected chi connectivity index (χ3v) is 3.92. The van der Waals surface area contributed by atoms with Crippen molar-refractivity contribution in [1.82, 2.24) is 4.89 Å². The van der Waals surface area contributed by atoms with Crippen LogP contribution in [-0.2, 0) is 14.9 Å². The fourth-order valence-corrected chi connectivity index (χ4v) is 2.65. The average Bonchev–Trinajstić information content (AvgIpc) is 2.48. The maximum absolute atomic E-state index is 11.9. The second-order valence-corrected chi connectivity index (χ2v) is 6.14. The van der Waals surface area contributed by atoms with Crippen LogP contribution in [0.4, 0.5) is 0 Å². The molecule has 5 nitrogen and oxygen atoms in total. The molecule has 0 aromatic heterocycles. The largest absolute Gasteiger partial charge is 0.491 e. The zero-order chi connectivity index (χ0) is 15.1. The van der Waals surface area contributed by atoms with Crippen molar-refractivity contribution < 1.29 is 18.0 Å². The van der Waals surface area contributed by atoms with Crippen LogP contribution in [0.15, 0.2) is 59.5 Å².